The third-order valence-electron chi connectivity index (χ3n) is 6.98. The topological polar surface area (TPSA) is 121 Å². The maximum Gasteiger partial charge on any atom is 0.251 e. The predicted octanol–water partition coefficient (Wildman–Crippen LogP) is 3.91. The van der Waals surface area contributed by atoms with E-state index >= 15 is 0 Å². The number of pyridine rings is 1. The highest BCUT2D eigenvalue weighted by Crippen LogP contribution is 2.28. The van der Waals surface area contributed by atoms with Crippen LogP contribution in [-0.4, -0.2) is 51.4 Å². The number of aromatic nitrogens is 1. The van der Waals surface area contributed by atoms with E-state index in [0.29, 0.717) is 50.3 Å². The lowest BCUT2D eigenvalue weighted by Gasteiger charge is -2.42. The maximum atomic E-state index is 13.1. The summed E-state index contributed by atoms with van der Waals surface area (Å²) in [6.45, 7) is 5.15. The minimum Gasteiger partial charge on any atom is -0.489 e. The van der Waals surface area contributed by atoms with Crippen molar-refractivity contribution in [3.63, 3.8) is 0 Å². The molecule has 4 rings (SSSR count). The molecule has 0 saturated carbocycles. The Bertz CT molecular complexity index is 1300. The molecule has 0 bridgehead atoms. The fraction of sp³-hybridized carbons (Fsp3) is 0.379. The lowest BCUT2D eigenvalue weighted by atomic mass is 9.83. The van der Waals surface area contributed by atoms with Crippen molar-refractivity contribution in [1.82, 2.24) is 20.7 Å². The average molecular weight is 519 g/mol. The number of carbonyl (C=O) groups excluding carboxylic acids is 3. The Morgan fingerprint density at radius 1 is 1.08 bits per heavy atom. The molecule has 38 heavy (non-hydrogen) atoms. The molecule has 3 N–H and O–H groups in total. The zero-order chi connectivity index (χ0) is 27.1. The number of nitrogens with zero attached hydrogens (tertiary/aromatic N) is 2. The largest absolute Gasteiger partial charge is 0.489 e. The minimum atomic E-state index is -0.859. The Balaban J connectivity index is 1.41. The standard InChI is InChI=1S/C29H34N4O5/c1-3-6-27(35)33-15-13-29(14-16-33,18-26(34)32-37)31-28(36)21-9-11-23(12-10-21)38-19-22-17-20(2)30-25-8-5-4-7-24(22)25/h4-5,7-12,17,37H,3,6,13-16,18-19H2,1-2H3,(H,31,36)(H,32,34). The first-order valence-electron chi connectivity index (χ1n) is 12.9. The molecule has 1 fully saturated rings. The van der Waals surface area contributed by atoms with E-state index in [1.165, 1.54) is 0 Å². The number of ether oxygens (including phenoxy) is 1. The van der Waals surface area contributed by atoms with Crippen LogP contribution in [0.4, 0.5) is 0 Å². The quantitative estimate of drug-likeness (QED) is 0.292. The summed E-state index contributed by atoms with van der Waals surface area (Å²) < 4.78 is 6.00. The van der Waals surface area contributed by atoms with Gasteiger partial charge in [-0.2, -0.15) is 0 Å². The Morgan fingerprint density at radius 2 is 1.79 bits per heavy atom. The molecule has 1 aliphatic heterocycles. The molecule has 9 nitrogen and oxygen atoms in total. The smallest absolute Gasteiger partial charge is 0.251 e. The van der Waals surface area contributed by atoms with Crippen molar-refractivity contribution in [2.24, 2.45) is 0 Å². The molecule has 0 aliphatic carbocycles. The molecule has 2 heterocycles. The zero-order valence-corrected chi connectivity index (χ0v) is 21.8. The van der Waals surface area contributed by atoms with Gasteiger partial charge in [-0.05, 0) is 62.6 Å². The Morgan fingerprint density at radius 3 is 2.47 bits per heavy atom. The average Bonchev–Trinajstić information content (AvgIpc) is 2.92. The van der Waals surface area contributed by atoms with E-state index in [0.717, 1.165) is 28.6 Å². The van der Waals surface area contributed by atoms with Crippen LogP contribution in [0.5, 0.6) is 5.75 Å². The van der Waals surface area contributed by atoms with E-state index < -0.39 is 11.4 Å². The predicted molar refractivity (Wildman–Crippen MR) is 143 cm³/mol. The second-order valence-electron chi connectivity index (χ2n) is 9.83. The fourth-order valence-electron chi connectivity index (χ4n) is 4.94. The second kappa shape index (κ2) is 12.0. The highest BCUT2D eigenvalue weighted by Gasteiger charge is 2.39. The van der Waals surface area contributed by atoms with Gasteiger partial charge in [-0.15, -0.1) is 0 Å². The summed E-state index contributed by atoms with van der Waals surface area (Å²) in [6, 6.07) is 16.8. The van der Waals surface area contributed by atoms with Gasteiger partial charge in [-0.1, -0.05) is 25.1 Å². The van der Waals surface area contributed by atoms with Crippen molar-refractivity contribution >= 4 is 28.6 Å². The zero-order valence-electron chi connectivity index (χ0n) is 21.8. The summed E-state index contributed by atoms with van der Waals surface area (Å²) in [5.41, 5.74) is 4.10. The van der Waals surface area contributed by atoms with Crippen LogP contribution in [0.15, 0.2) is 54.6 Å². The molecule has 1 aromatic heterocycles. The molecule has 0 atom stereocenters. The highest BCUT2D eigenvalue weighted by molar-refractivity contribution is 5.95. The maximum absolute atomic E-state index is 13.1. The number of hydroxylamine groups is 1. The van der Waals surface area contributed by atoms with E-state index in [1.54, 1.807) is 34.6 Å². The number of hydrogen-bond donors (Lipinski definition) is 3. The monoisotopic (exact) mass is 518 g/mol. The minimum absolute atomic E-state index is 0.0737. The van der Waals surface area contributed by atoms with Gasteiger partial charge in [-0.25, -0.2) is 5.48 Å². The number of hydrogen-bond acceptors (Lipinski definition) is 6. The summed E-state index contributed by atoms with van der Waals surface area (Å²) in [5.74, 6) is -0.214. The van der Waals surface area contributed by atoms with Crippen molar-refractivity contribution in [2.75, 3.05) is 13.1 Å². The molecule has 0 unspecified atom stereocenters. The van der Waals surface area contributed by atoms with Crippen molar-refractivity contribution in [3.05, 3.63) is 71.4 Å². The first-order valence-corrected chi connectivity index (χ1v) is 12.9. The number of likely N-dealkylation sites (tertiary alicyclic amines) is 1. The lowest BCUT2D eigenvalue weighted by Crippen LogP contribution is -2.57. The van der Waals surface area contributed by atoms with Crippen LogP contribution >= 0.6 is 0 Å². The number of aryl methyl sites for hydroxylation is 1. The van der Waals surface area contributed by atoms with Gasteiger partial charge in [0, 0.05) is 41.7 Å². The van der Waals surface area contributed by atoms with Gasteiger partial charge >= 0.3 is 0 Å². The van der Waals surface area contributed by atoms with Gasteiger partial charge in [0.2, 0.25) is 11.8 Å². The third kappa shape index (κ3) is 6.47. The number of carbonyl (C=O) groups is 3. The number of fused-ring (bicyclic) bond motifs is 1. The van der Waals surface area contributed by atoms with E-state index in [9.17, 15) is 14.4 Å². The number of benzene rings is 2. The summed E-state index contributed by atoms with van der Waals surface area (Å²) in [4.78, 5) is 43.8. The van der Waals surface area contributed by atoms with E-state index in [4.69, 9.17) is 9.94 Å². The summed E-state index contributed by atoms with van der Waals surface area (Å²) in [6.07, 6.45) is 2.00. The van der Waals surface area contributed by atoms with Crippen LogP contribution in [0, 0.1) is 6.92 Å². The Kier molecular flexibility index (Phi) is 8.58. The normalized spacial score (nSPS) is 14.7. The van der Waals surface area contributed by atoms with Crippen molar-refractivity contribution in [3.8, 4) is 5.75 Å². The Hall–Kier alpha value is -3.98. The number of amides is 3. The molecule has 0 spiro atoms. The molecule has 3 amide bonds. The molecule has 200 valence electrons. The summed E-state index contributed by atoms with van der Waals surface area (Å²) in [5, 5.41) is 13.1. The molecule has 9 heteroatoms. The van der Waals surface area contributed by atoms with Gasteiger partial charge in [0.15, 0.2) is 0 Å². The van der Waals surface area contributed by atoms with E-state index in [-0.39, 0.29) is 18.2 Å². The second-order valence-corrected chi connectivity index (χ2v) is 9.83. The van der Waals surface area contributed by atoms with Crippen LogP contribution < -0.4 is 15.5 Å². The SMILES string of the molecule is CCCC(=O)N1CCC(CC(=O)NO)(NC(=O)c2ccc(OCc3cc(C)nc4ccccc34)cc2)CC1. The lowest BCUT2D eigenvalue weighted by molar-refractivity contribution is -0.134. The van der Waals surface area contributed by atoms with Gasteiger partial charge < -0.3 is 15.0 Å². The van der Waals surface area contributed by atoms with Gasteiger partial charge in [0.05, 0.1) is 17.5 Å². The van der Waals surface area contributed by atoms with Crippen LogP contribution in [0.2, 0.25) is 0 Å². The van der Waals surface area contributed by atoms with Crippen LogP contribution in [0.1, 0.15) is 60.6 Å². The number of rotatable bonds is 9. The van der Waals surface area contributed by atoms with Gasteiger partial charge in [0.1, 0.15) is 12.4 Å². The fourth-order valence-corrected chi connectivity index (χ4v) is 4.94. The number of piperidine rings is 1. The number of para-hydroxylation sites is 1. The van der Waals surface area contributed by atoms with Crippen molar-refractivity contribution < 1.29 is 24.3 Å². The van der Waals surface area contributed by atoms with Crippen LogP contribution in [-0.2, 0) is 16.2 Å². The van der Waals surface area contributed by atoms with Crippen molar-refractivity contribution in [1.29, 1.82) is 0 Å². The molecule has 2 aromatic carbocycles. The first-order chi connectivity index (χ1) is 18.3. The third-order valence-corrected chi connectivity index (χ3v) is 6.98. The van der Waals surface area contributed by atoms with E-state index in [2.05, 4.69) is 10.3 Å². The molecule has 3 aromatic rings. The molecule has 1 saturated heterocycles. The van der Waals surface area contributed by atoms with Crippen LogP contribution in [0.3, 0.4) is 0 Å². The van der Waals surface area contributed by atoms with Gasteiger partial charge in [-0.3, -0.25) is 24.6 Å². The summed E-state index contributed by atoms with van der Waals surface area (Å²) >= 11 is 0. The first kappa shape index (κ1) is 27.1. The molecular weight excluding hydrogens is 484 g/mol. The Labute approximate surface area is 222 Å². The number of nitrogens with one attached hydrogen (secondary N) is 2. The van der Waals surface area contributed by atoms with Gasteiger partial charge in [0.25, 0.3) is 5.91 Å². The van der Waals surface area contributed by atoms with Crippen molar-refractivity contribution in [2.45, 2.75) is 58.1 Å². The molecular formula is C29H34N4O5. The highest BCUT2D eigenvalue weighted by atomic mass is 16.5. The van der Waals surface area contributed by atoms with Crippen LogP contribution in [0.25, 0.3) is 10.9 Å². The molecule has 1 aliphatic rings. The molecule has 0 radical (unpaired) electrons. The van der Waals surface area contributed by atoms with E-state index in [1.807, 2.05) is 44.2 Å². The summed E-state index contributed by atoms with van der Waals surface area (Å²) in [7, 11) is 0.